The molecule has 0 saturated heterocycles. The zero-order valence-electron chi connectivity index (χ0n) is 10.1. The van der Waals surface area contributed by atoms with Gasteiger partial charge in [-0.15, -0.1) is 0 Å². The summed E-state index contributed by atoms with van der Waals surface area (Å²) in [5, 5.41) is 11.8. The molecule has 5 nitrogen and oxygen atoms in total. The maximum Gasteiger partial charge on any atom is 0.252 e. The number of carbonyl (C=O) groups excluding carboxylic acids is 1. The Bertz CT molecular complexity index is 533. The molecule has 0 spiro atoms. The molecular weight excluding hydrogens is 232 g/mol. The van der Waals surface area contributed by atoms with Gasteiger partial charge in [0.15, 0.2) is 0 Å². The molecule has 0 aliphatic heterocycles. The predicted molar refractivity (Wildman–Crippen MR) is 67.4 cm³/mol. The molecule has 1 amide bonds. The van der Waals surface area contributed by atoms with Gasteiger partial charge in [-0.05, 0) is 19.4 Å². The molecule has 5 heteroatoms. The van der Waals surface area contributed by atoms with Gasteiger partial charge in [0.2, 0.25) is 5.56 Å². The fraction of sp³-hybridized carbons (Fsp3) is 0.385. The molecule has 1 aliphatic carbocycles. The first-order valence-electron chi connectivity index (χ1n) is 5.89. The Morgan fingerprint density at radius 1 is 1.50 bits per heavy atom. The highest BCUT2D eigenvalue weighted by molar-refractivity contribution is 5.94. The van der Waals surface area contributed by atoms with E-state index in [2.05, 4.69) is 10.3 Å². The van der Waals surface area contributed by atoms with Crippen molar-refractivity contribution in [3.05, 3.63) is 45.9 Å². The first-order chi connectivity index (χ1) is 8.58. The maximum atomic E-state index is 11.9. The third-order valence-corrected chi connectivity index (χ3v) is 2.96. The van der Waals surface area contributed by atoms with Crippen molar-refractivity contribution in [1.82, 2.24) is 10.3 Å². The fourth-order valence-corrected chi connectivity index (χ4v) is 2.08. The maximum absolute atomic E-state index is 11.9. The van der Waals surface area contributed by atoms with Crippen molar-refractivity contribution in [1.29, 1.82) is 0 Å². The first kappa shape index (κ1) is 12.6. The van der Waals surface area contributed by atoms with E-state index in [9.17, 15) is 9.59 Å². The summed E-state index contributed by atoms with van der Waals surface area (Å²) in [7, 11) is 0. The lowest BCUT2D eigenvalue weighted by molar-refractivity contribution is 0.0940. The monoisotopic (exact) mass is 248 g/mol. The molecule has 2 atom stereocenters. The fourth-order valence-electron chi connectivity index (χ4n) is 2.08. The van der Waals surface area contributed by atoms with Crippen LogP contribution in [0.4, 0.5) is 0 Å². The molecule has 0 saturated carbocycles. The van der Waals surface area contributed by atoms with E-state index in [0.717, 1.165) is 0 Å². The Balaban J connectivity index is 2.04. The van der Waals surface area contributed by atoms with Crippen LogP contribution in [0.3, 0.4) is 0 Å². The zero-order valence-corrected chi connectivity index (χ0v) is 10.1. The third-order valence-electron chi connectivity index (χ3n) is 2.96. The van der Waals surface area contributed by atoms with Crippen LogP contribution in [0.2, 0.25) is 0 Å². The minimum atomic E-state index is -0.282. The quantitative estimate of drug-likeness (QED) is 0.675. The molecule has 2 rings (SSSR count). The average Bonchev–Trinajstić information content (AvgIpc) is 2.75. The molecule has 0 bridgehead atoms. The molecule has 0 unspecified atom stereocenters. The molecule has 1 aromatic heterocycles. The van der Waals surface area contributed by atoms with Crippen LogP contribution < -0.4 is 10.9 Å². The van der Waals surface area contributed by atoms with Crippen LogP contribution in [0.1, 0.15) is 22.5 Å². The number of aromatic amines is 1. The van der Waals surface area contributed by atoms with Crippen LogP contribution in [0.25, 0.3) is 0 Å². The second-order valence-electron chi connectivity index (χ2n) is 4.56. The molecule has 96 valence electrons. The lowest BCUT2D eigenvalue weighted by Crippen LogP contribution is -2.33. The highest BCUT2D eigenvalue weighted by Crippen LogP contribution is 2.17. The van der Waals surface area contributed by atoms with Crippen LogP contribution in [0.15, 0.2) is 29.1 Å². The van der Waals surface area contributed by atoms with E-state index in [4.69, 9.17) is 5.11 Å². The van der Waals surface area contributed by atoms with E-state index < -0.39 is 0 Å². The Morgan fingerprint density at radius 2 is 2.28 bits per heavy atom. The molecule has 1 aromatic rings. The Hall–Kier alpha value is -1.88. The Morgan fingerprint density at radius 3 is 2.89 bits per heavy atom. The molecule has 0 aromatic carbocycles. The van der Waals surface area contributed by atoms with Crippen LogP contribution in [-0.2, 0) is 0 Å². The largest absolute Gasteiger partial charge is 0.396 e. The van der Waals surface area contributed by atoms with Gasteiger partial charge in [-0.2, -0.15) is 0 Å². The molecule has 18 heavy (non-hydrogen) atoms. The number of rotatable bonds is 3. The number of amides is 1. The van der Waals surface area contributed by atoms with E-state index in [1.807, 2.05) is 12.2 Å². The lowest BCUT2D eigenvalue weighted by Gasteiger charge is -2.12. The number of aliphatic hydroxyl groups is 1. The van der Waals surface area contributed by atoms with Crippen molar-refractivity contribution in [2.24, 2.45) is 5.92 Å². The van der Waals surface area contributed by atoms with Crippen molar-refractivity contribution >= 4 is 5.91 Å². The molecule has 3 N–H and O–H groups in total. The summed E-state index contributed by atoms with van der Waals surface area (Å²) in [5.74, 6) is -0.159. The summed E-state index contributed by atoms with van der Waals surface area (Å²) in [6.07, 6.45) is 4.47. The van der Waals surface area contributed by atoms with Gasteiger partial charge in [-0.1, -0.05) is 12.2 Å². The van der Waals surface area contributed by atoms with Gasteiger partial charge in [-0.25, -0.2) is 0 Å². The molecule has 0 radical (unpaired) electrons. The second kappa shape index (κ2) is 5.18. The van der Waals surface area contributed by atoms with Crippen LogP contribution in [-0.4, -0.2) is 28.6 Å². The molecular formula is C13H16N2O3. The SMILES string of the molecule is Cc1cc(C(=O)N[C@@H]2C=C[C@H](CO)C2)cc(=O)[nH]1. The van der Waals surface area contributed by atoms with Gasteiger partial charge in [-0.3, -0.25) is 9.59 Å². The topological polar surface area (TPSA) is 82.2 Å². The number of nitrogens with one attached hydrogen (secondary N) is 2. The predicted octanol–water partition coefficient (Wildman–Crippen LogP) is 0.350. The van der Waals surface area contributed by atoms with E-state index in [1.54, 1.807) is 13.0 Å². The van der Waals surface area contributed by atoms with Gasteiger partial charge in [0.1, 0.15) is 0 Å². The average molecular weight is 248 g/mol. The smallest absolute Gasteiger partial charge is 0.252 e. The Kier molecular flexibility index (Phi) is 3.62. The number of aliphatic hydroxyl groups excluding tert-OH is 1. The summed E-state index contributed by atoms with van der Waals surface area (Å²) in [4.78, 5) is 25.8. The van der Waals surface area contributed by atoms with E-state index in [1.165, 1.54) is 6.07 Å². The van der Waals surface area contributed by atoms with Crippen molar-refractivity contribution in [2.45, 2.75) is 19.4 Å². The zero-order chi connectivity index (χ0) is 13.1. The van der Waals surface area contributed by atoms with Gasteiger partial charge < -0.3 is 15.4 Å². The summed E-state index contributed by atoms with van der Waals surface area (Å²) in [6.45, 7) is 1.82. The minimum absolute atomic E-state index is 0.0748. The van der Waals surface area contributed by atoms with Gasteiger partial charge >= 0.3 is 0 Å². The Labute approximate surface area is 105 Å². The molecule has 1 aliphatic rings. The van der Waals surface area contributed by atoms with Crippen molar-refractivity contribution < 1.29 is 9.90 Å². The van der Waals surface area contributed by atoms with Crippen molar-refractivity contribution in [3.63, 3.8) is 0 Å². The third kappa shape index (κ3) is 2.87. The van der Waals surface area contributed by atoms with E-state index in [0.29, 0.717) is 17.7 Å². The van der Waals surface area contributed by atoms with Crippen molar-refractivity contribution in [3.8, 4) is 0 Å². The summed E-state index contributed by atoms with van der Waals surface area (Å²) < 4.78 is 0. The van der Waals surface area contributed by atoms with Crippen LogP contribution in [0, 0.1) is 12.8 Å². The van der Waals surface area contributed by atoms with Crippen LogP contribution >= 0.6 is 0 Å². The summed E-state index contributed by atoms with van der Waals surface area (Å²) >= 11 is 0. The first-order valence-corrected chi connectivity index (χ1v) is 5.89. The van der Waals surface area contributed by atoms with Crippen molar-refractivity contribution in [2.75, 3.05) is 6.61 Å². The molecule has 1 heterocycles. The minimum Gasteiger partial charge on any atom is -0.396 e. The van der Waals surface area contributed by atoms with Gasteiger partial charge in [0.05, 0.1) is 0 Å². The highest BCUT2D eigenvalue weighted by atomic mass is 16.3. The number of aryl methyl sites for hydroxylation is 1. The molecule has 0 fully saturated rings. The standard InChI is InChI=1S/C13H16N2O3/c1-8-4-10(6-12(17)14-8)13(18)15-11-3-2-9(5-11)7-16/h2-4,6,9,11,16H,5,7H2,1H3,(H,14,17)(H,15,18)/t9-,11+/m0/s1. The number of pyridine rings is 1. The number of aromatic nitrogens is 1. The normalized spacial score (nSPS) is 22.1. The number of hydrogen-bond donors (Lipinski definition) is 3. The number of hydrogen-bond acceptors (Lipinski definition) is 3. The summed E-state index contributed by atoms with van der Waals surface area (Å²) in [5.41, 5.74) is 0.732. The number of carbonyl (C=O) groups is 1. The van der Waals surface area contributed by atoms with Gasteiger partial charge in [0.25, 0.3) is 5.91 Å². The van der Waals surface area contributed by atoms with E-state index >= 15 is 0 Å². The number of H-pyrrole nitrogens is 1. The summed E-state index contributed by atoms with van der Waals surface area (Å²) in [6, 6.07) is 2.85. The highest BCUT2D eigenvalue weighted by Gasteiger charge is 2.20. The van der Waals surface area contributed by atoms with Gasteiger partial charge in [0, 0.05) is 35.9 Å². The lowest BCUT2D eigenvalue weighted by atomic mass is 10.1. The van der Waals surface area contributed by atoms with Crippen LogP contribution in [0.5, 0.6) is 0 Å². The van der Waals surface area contributed by atoms with E-state index in [-0.39, 0.29) is 30.0 Å². The second-order valence-corrected chi connectivity index (χ2v) is 4.56.